The van der Waals surface area contributed by atoms with Gasteiger partial charge in [-0.15, -0.1) is 4.58 Å². The minimum absolute atomic E-state index is 0.0470. The molecule has 0 atom stereocenters. The van der Waals surface area contributed by atoms with Gasteiger partial charge in [-0.05, 0) is 43.2 Å². The highest BCUT2D eigenvalue weighted by atomic mass is 79.9. The van der Waals surface area contributed by atoms with Gasteiger partial charge in [0.25, 0.3) is 0 Å². The molecule has 158 valence electrons. The number of rotatable bonds is 6. The van der Waals surface area contributed by atoms with Crippen molar-refractivity contribution in [1.29, 1.82) is 0 Å². The van der Waals surface area contributed by atoms with E-state index in [1.165, 1.54) is 12.8 Å². The number of nitrogens with zero attached hydrogens (tertiary/aromatic N) is 3. The van der Waals surface area contributed by atoms with Gasteiger partial charge in [-0.25, -0.2) is 9.78 Å². The molecular weight excluding hydrogens is 434 g/mol. The number of aromatic nitrogens is 1. The maximum absolute atomic E-state index is 12.5. The molecule has 0 unspecified atom stereocenters. The Bertz CT molecular complexity index is 768. The molecule has 2 aliphatic heterocycles. The molecule has 0 aromatic carbocycles. The minimum Gasteiger partial charge on any atom is -0.463 e. The molecule has 0 radical (unpaired) electrons. The summed E-state index contributed by atoms with van der Waals surface area (Å²) >= 11 is 3.50. The van der Waals surface area contributed by atoms with Gasteiger partial charge in [-0.2, -0.15) is 0 Å². The van der Waals surface area contributed by atoms with Gasteiger partial charge in [0.1, 0.15) is 5.82 Å². The van der Waals surface area contributed by atoms with Gasteiger partial charge in [-0.1, -0.05) is 28.8 Å². The third-order valence-corrected chi connectivity index (χ3v) is 7.18. The summed E-state index contributed by atoms with van der Waals surface area (Å²) in [5.41, 5.74) is 0.0470. The Labute approximate surface area is 181 Å². The Balaban J connectivity index is 1.19. The van der Waals surface area contributed by atoms with Gasteiger partial charge in [0.2, 0.25) is 0 Å². The standard InChI is InChI=1S/C22H30BrN3O3/c23-17-4-9-24-19(14-17)25-11-5-18(6-12-25)29-13-3-10-26-20(27)15-22(16-21(26)28)7-1-2-8-22/h4,9,14,18H,1-3,5-8,10-13,15-16H2/p+1. The summed E-state index contributed by atoms with van der Waals surface area (Å²) in [7, 11) is 0. The lowest BCUT2D eigenvalue weighted by Crippen LogP contribution is -2.41. The summed E-state index contributed by atoms with van der Waals surface area (Å²) in [5.74, 6) is 1.37. The van der Waals surface area contributed by atoms with Crippen LogP contribution in [0.15, 0.2) is 22.8 Å². The van der Waals surface area contributed by atoms with E-state index in [1.807, 2.05) is 12.3 Å². The molecule has 3 aliphatic rings. The van der Waals surface area contributed by atoms with Crippen molar-refractivity contribution in [2.45, 2.75) is 63.9 Å². The number of aliphatic hydroxyl groups excluding tert-OH is 1. The highest BCUT2D eigenvalue weighted by Gasteiger charge is 2.46. The van der Waals surface area contributed by atoms with E-state index < -0.39 is 0 Å². The summed E-state index contributed by atoms with van der Waals surface area (Å²) in [5, 5.41) is 10.4. The minimum atomic E-state index is 0.0470. The van der Waals surface area contributed by atoms with E-state index in [-0.39, 0.29) is 23.3 Å². The van der Waals surface area contributed by atoms with Crippen molar-refractivity contribution < 1.29 is 19.2 Å². The molecular formula is C22H31BrN3O3+. The van der Waals surface area contributed by atoms with Crippen molar-refractivity contribution in [1.82, 2.24) is 4.98 Å². The summed E-state index contributed by atoms with van der Waals surface area (Å²) in [4.78, 5) is 19.3. The molecule has 4 rings (SSSR count). The molecule has 1 saturated carbocycles. The van der Waals surface area contributed by atoms with Crippen molar-refractivity contribution in [2.24, 2.45) is 5.41 Å². The second-order valence-corrected chi connectivity index (χ2v) is 9.68. The fourth-order valence-corrected chi connectivity index (χ4v) is 5.40. The molecule has 1 amide bonds. The zero-order valence-corrected chi connectivity index (χ0v) is 18.6. The molecule has 29 heavy (non-hydrogen) atoms. The number of hydrogen-bond acceptors (Lipinski definition) is 4. The van der Waals surface area contributed by atoms with Gasteiger partial charge in [-0.3, -0.25) is 0 Å². The number of carbonyl (C=O) groups excluding carboxylic acids is 1. The van der Waals surface area contributed by atoms with Crippen LogP contribution in [0.5, 0.6) is 0 Å². The van der Waals surface area contributed by atoms with E-state index in [2.05, 4.69) is 31.9 Å². The van der Waals surface area contributed by atoms with Crippen LogP contribution in [0, 0.1) is 5.41 Å². The van der Waals surface area contributed by atoms with E-state index in [0.717, 1.165) is 55.5 Å². The molecule has 7 heteroatoms. The second kappa shape index (κ2) is 9.13. The number of hydrogen-bond donors (Lipinski definition) is 1. The Hall–Kier alpha value is -1.47. The van der Waals surface area contributed by atoms with Crippen LogP contribution in [0.4, 0.5) is 5.82 Å². The fourth-order valence-electron chi connectivity index (χ4n) is 5.08. The number of ether oxygens (including phenoxy) is 1. The number of carbonyl (C=O) groups is 1. The van der Waals surface area contributed by atoms with Crippen molar-refractivity contribution in [3.8, 4) is 0 Å². The first-order valence-electron chi connectivity index (χ1n) is 10.9. The number of anilines is 1. The summed E-state index contributed by atoms with van der Waals surface area (Å²) in [6, 6.07) is 3.99. The largest absolute Gasteiger partial charge is 0.463 e. The van der Waals surface area contributed by atoms with E-state index in [9.17, 15) is 9.90 Å². The van der Waals surface area contributed by atoms with Crippen LogP contribution >= 0.6 is 15.9 Å². The first-order valence-corrected chi connectivity index (χ1v) is 11.7. The number of pyridine rings is 1. The van der Waals surface area contributed by atoms with Crippen LogP contribution in [0.2, 0.25) is 0 Å². The Morgan fingerprint density at radius 3 is 2.72 bits per heavy atom. The fraction of sp³-hybridized carbons (Fsp3) is 0.682. The zero-order chi connectivity index (χ0) is 20.3. The lowest BCUT2D eigenvalue weighted by atomic mass is 9.77. The summed E-state index contributed by atoms with van der Waals surface area (Å²) in [6.07, 6.45) is 10.6. The first-order chi connectivity index (χ1) is 14.0. The Kier molecular flexibility index (Phi) is 6.54. The number of amides is 1. The van der Waals surface area contributed by atoms with Crippen molar-refractivity contribution in [2.75, 3.05) is 31.1 Å². The zero-order valence-electron chi connectivity index (χ0n) is 17.0. The van der Waals surface area contributed by atoms with Crippen LogP contribution in [-0.2, 0) is 9.53 Å². The number of piperidine rings is 1. The number of halogens is 1. The van der Waals surface area contributed by atoms with Crippen LogP contribution in [0.25, 0.3) is 0 Å². The average molecular weight is 465 g/mol. The van der Waals surface area contributed by atoms with Crippen molar-refractivity contribution in [3.05, 3.63) is 22.8 Å². The van der Waals surface area contributed by atoms with E-state index in [0.29, 0.717) is 26.0 Å². The Morgan fingerprint density at radius 2 is 2.03 bits per heavy atom. The van der Waals surface area contributed by atoms with Gasteiger partial charge in [0.15, 0.2) is 6.54 Å². The Morgan fingerprint density at radius 1 is 1.28 bits per heavy atom. The molecule has 1 aromatic rings. The monoisotopic (exact) mass is 464 g/mol. The topological polar surface area (TPSA) is 65.7 Å². The summed E-state index contributed by atoms with van der Waals surface area (Å²) < 4.78 is 8.70. The predicted octanol–water partition coefficient (Wildman–Crippen LogP) is 4.07. The van der Waals surface area contributed by atoms with Gasteiger partial charge < -0.3 is 14.7 Å². The SMILES string of the molecule is O=C1CC2(CCCC2)CC(O)=[N+]1CCCOC1CCN(c2cc(Br)ccn2)CC1. The summed E-state index contributed by atoms with van der Waals surface area (Å²) in [6.45, 7) is 3.06. The molecule has 1 N–H and O–H groups in total. The first kappa shape index (κ1) is 20.8. The van der Waals surface area contributed by atoms with Gasteiger partial charge in [0, 0.05) is 30.2 Å². The number of aliphatic hydroxyl groups is 1. The van der Waals surface area contributed by atoms with Crippen LogP contribution in [0.3, 0.4) is 0 Å². The van der Waals surface area contributed by atoms with E-state index in [4.69, 9.17) is 4.74 Å². The molecule has 2 fully saturated rings. The lowest BCUT2D eigenvalue weighted by Gasteiger charge is -2.32. The van der Waals surface area contributed by atoms with E-state index in [1.54, 1.807) is 4.58 Å². The van der Waals surface area contributed by atoms with Crippen LogP contribution in [0.1, 0.15) is 57.8 Å². The van der Waals surface area contributed by atoms with Crippen molar-refractivity contribution >= 4 is 33.6 Å². The highest BCUT2D eigenvalue weighted by Crippen LogP contribution is 2.45. The maximum atomic E-state index is 12.5. The third-order valence-electron chi connectivity index (χ3n) is 6.69. The third kappa shape index (κ3) is 5.00. The molecule has 1 aromatic heterocycles. The smallest absolute Gasteiger partial charge is 0.390 e. The molecule has 0 bridgehead atoms. The molecule has 6 nitrogen and oxygen atoms in total. The van der Waals surface area contributed by atoms with Crippen molar-refractivity contribution in [3.63, 3.8) is 0 Å². The molecule has 1 aliphatic carbocycles. The van der Waals surface area contributed by atoms with Gasteiger partial charge in [0.05, 0.1) is 25.6 Å². The van der Waals surface area contributed by atoms with Gasteiger partial charge >= 0.3 is 11.8 Å². The predicted molar refractivity (Wildman–Crippen MR) is 116 cm³/mol. The molecule has 1 saturated heterocycles. The lowest BCUT2D eigenvalue weighted by molar-refractivity contribution is -0.466. The maximum Gasteiger partial charge on any atom is 0.390 e. The molecule has 1 spiro atoms. The quantitative estimate of drug-likeness (QED) is 0.507. The van der Waals surface area contributed by atoms with E-state index >= 15 is 0 Å². The average Bonchev–Trinajstić information content (AvgIpc) is 3.14. The highest BCUT2D eigenvalue weighted by molar-refractivity contribution is 9.10. The molecule has 3 heterocycles. The normalized spacial score (nSPS) is 22.7. The van der Waals surface area contributed by atoms with Crippen LogP contribution < -0.4 is 4.90 Å². The second-order valence-electron chi connectivity index (χ2n) is 8.77. The van der Waals surface area contributed by atoms with Crippen LogP contribution in [-0.4, -0.2) is 58.8 Å².